The van der Waals surface area contributed by atoms with Crippen LogP contribution in [0.1, 0.15) is 22.8 Å². The third-order valence-corrected chi connectivity index (χ3v) is 2.26. The van der Waals surface area contributed by atoms with E-state index in [-0.39, 0.29) is 5.91 Å². The van der Waals surface area contributed by atoms with E-state index in [1.807, 2.05) is 6.07 Å². The molecule has 0 spiro atoms. The fraction of sp³-hybridized carbons (Fsp3) is 0.167. The van der Waals surface area contributed by atoms with Crippen LogP contribution in [0.25, 0.3) is 5.70 Å². The normalized spacial score (nSPS) is 15.8. The Morgan fingerprint density at radius 3 is 2.75 bits per heavy atom. The van der Waals surface area contributed by atoms with Crippen LogP contribution in [0, 0.1) is 0 Å². The van der Waals surface area contributed by atoms with Gasteiger partial charge in [0.15, 0.2) is 0 Å². The molecule has 16 heavy (non-hydrogen) atoms. The molecule has 0 saturated carbocycles. The van der Waals surface area contributed by atoms with Crippen LogP contribution >= 0.6 is 0 Å². The van der Waals surface area contributed by atoms with Crippen molar-refractivity contribution < 1.29 is 14.3 Å². The third-order valence-electron chi connectivity index (χ3n) is 2.26. The highest BCUT2D eigenvalue weighted by molar-refractivity contribution is 6.11. The number of esters is 1. The number of benzene rings is 1. The first-order valence-corrected chi connectivity index (χ1v) is 5.01. The van der Waals surface area contributed by atoms with E-state index in [1.165, 1.54) is 6.08 Å². The summed E-state index contributed by atoms with van der Waals surface area (Å²) in [5.41, 5.74) is 1.82. The average Bonchev–Trinajstić information content (AvgIpc) is 2.57. The maximum atomic E-state index is 11.5. The highest BCUT2D eigenvalue weighted by Gasteiger charge is 2.23. The van der Waals surface area contributed by atoms with E-state index in [4.69, 9.17) is 4.74 Å². The number of ether oxygens (including phenoxy) is 1. The SMILES string of the molecule is CCOC(=O)/C=C1/NC(=O)c2ccccc21. The molecule has 1 aromatic carbocycles. The van der Waals surface area contributed by atoms with Crippen LogP contribution in [0.4, 0.5) is 0 Å². The maximum Gasteiger partial charge on any atom is 0.332 e. The van der Waals surface area contributed by atoms with E-state index >= 15 is 0 Å². The highest BCUT2D eigenvalue weighted by atomic mass is 16.5. The van der Waals surface area contributed by atoms with E-state index in [0.717, 1.165) is 5.56 Å². The van der Waals surface area contributed by atoms with Gasteiger partial charge < -0.3 is 10.1 Å². The molecule has 0 bridgehead atoms. The lowest BCUT2D eigenvalue weighted by atomic mass is 10.1. The number of rotatable bonds is 2. The summed E-state index contributed by atoms with van der Waals surface area (Å²) in [7, 11) is 0. The van der Waals surface area contributed by atoms with E-state index in [1.54, 1.807) is 25.1 Å². The zero-order valence-corrected chi connectivity index (χ0v) is 8.82. The molecule has 1 heterocycles. The molecule has 0 unspecified atom stereocenters. The second-order valence-corrected chi connectivity index (χ2v) is 3.31. The number of nitrogens with one attached hydrogen (secondary N) is 1. The molecule has 0 fully saturated rings. The Hall–Kier alpha value is -2.10. The average molecular weight is 217 g/mol. The van der Waals surface area contributed by atoms with Gasteiger partial charge in [0, 0.05) is 17.2 Å². The van der Waals surface area contributed by atoms with Crippen LogP contribution in [-0.2, 0) is 9.53 Å². The van der Waals surface area contributed by atoms with Crippen LogP contribution in [0.2, 0.25) is 0 Å². The van der Waals surface area contributed by atoms with Crippen molar-refractivity contribution in [2.45, 2.75) is 6.92 Å². The van der Waals surface area contributed by atoms with Crippen molar-refractivity contribution in [2.75, 3.05) is 6.61 Å². The van der Waals surface area contributed by atoms with Crippen molar-refractivity contribution in [1.82, 2.24) is 5.32 Å². The first-order chi connectivity index (χ1) is 7.72. The van der Waals surface area contributed by atoms with Gasteiger partial charge in [0.25, 0.3) is 5.91 Å². The first-order valence-electron chi connectivity index (χ1n) is 5.01. The van der Waals surface area contributed by atoms with Crippen molar-refractivity contribution in [3.05, 3.63) is 41.5 Å². The number of hydrogen-bond donors (Lipinski definition) is 1. The molecule has 82 valence electrons. The maximum absolute atomic E-state index is 11.5. The topological polar surface area (TPSA) is 55.4 Å². The van der Waals surface area contributed by atoms with Crippen molar-refractivity contribution in [1.29, 1.82) is 0 Å². The number of carbonyl (C=O) groups is 2. The van der Waals surface area contributed by atoms with Gasteiger partial charge in [-0.05, 0) is 13.0 Å². The van der Waals surface area contributed by atoms with Crippen molar-refractivity contribution in [3.63, 3.8) is 0 Å². The summed E-state index contributed by atoms with van der Waals surface area (Å²) in [6.07, 6.45) is 1.30. The predicted molar refractivity (Wildman–Crippen MR) is 58.5 cm³/mol. The van der Waals surface area contributed by atoms with E-state index in [2.05, 4.69) is 5.32 Å². The predicted octanol–water partition coefficient (Wildman–Crippen LogP) is 1.33. The number of fused-ring (bicyclic) bond motifs is 1. The van der Waals surface area contributed by atoms with Crippen molar-refractivity contribution in [2.24, 2.45) is 0 Å². The summed E-state index contributed by atoms with van der Waals surface area (Å²) in [5, 5.41) is 2.63. The lowest BCUT2D eigenvalue weighted by Gasteiger charge is -1.99. The minimum Gasteiger partial charge on any atom is -0.463 e. The molecule has 2 rings (SSSR count). The molecule has 0 aliphatic carbocycles. The van der Waals surface area contributed by atoms with Crippen LogP contribution in [0.3, 0.4) is 0 Å². The van der Waals surface area contributed by atoms with Crippen molar-refractivity contribution in [3.8, 4) is 0 Å². The summed E-state index contributed by atoms with van der Waals surface area (Å²) < 4.78 is 4.79. The fourth-order valence-corrected chi connectivity index (χ4v) is 1.59. The molecule has 0 radical (unpaired) electrons. The smallest absolute Gasteiger partial charge is 0.332 e. The molecule has 0 aromatic heterocycles. The Balaban J connectivity index is 2.34. The number of carbonyl (C=O) groups excluding carboxylic acids is 2. The Morgan fingerprint density at radius 2 is 2.06 bits per heavy atom. The van der Waals surface area contributed by atoms with Crippen LogP contribution in [-0.4, -0.2) is 18.5 Å². The number of amides is 1. The first kappa shape index (κ1) is 10.4. The molecule has 1 aromatic rings. The molecule has 0 atom stereocenters. The summed E-state index contributed by atoms with van der Waals surface area (Å²) in [6, 6.07) is 7.11. The van der Waals surface area contributed by atoms with Crippen LogP contribution in [0.15, 0.2) is 30.3 Å². The molecule has 4 nitrogen and oxygen atoms in total. The van der Waals surface area contributed by atoms with Gasteiger partial charge >= 0.3 is 5.97 Å². The number of hydrogen-bond acceptors (Lipinski definition) is 3. The largest absolute Gasteiger partial charge is 0.463 e. The molecular formula is C12H11NO3. The lowest BCUT2D eigenvalue weighted by molar-refractivity contribution is -0.137. The quantitative estimate of drug-likeness (QED) is 0.600. The lowest BCUT2D eigenvalue weighted by Crippen LogP contribution is -2.13. The summed E-state index contributed by atoms with van der Waals surface area (Å²) >= 11 is 0. The van der Waals surface area contributed by atoms with Gasteiger partial charge in [-0.3, -0.25) is 4.79 Å². The van der Waals surface area contributed by atoms with Gasteiger partial charge in [0.05, 0.1) is 12.3 Å². The monoisotopic (exact) mass is 217 g/mol. The molecule has 4 heteroatoms. The highest BCUT2D eigenvalue weighted by Crippen LogP contribution is 2.23. The van der Waals surface area contributed by atoms with Crippen LogP contribution < -0.4 is 5.32 Å². The van der Waals surface area contributed by atoms with E-state index < -0.39 is 5.97 Å². The Morgan fingerprint density at radius 1 is 1.38 bits per heavy atom. The molecule has 0 saturated heterocycles. The molecule has 1 amide bonds. The van der Waals surface area contributed by atoms with E-state index in [0.29, 0.717) is 17.9 Å². The Labute approximate surface area is 92.9 Å². The van der Waals surface area contributed by atoms with Crippen molar-refractivity contribution >= 4 is 17.6 Å². The van der Waals surface area contributed by atoms with Gasteiger partial charge in [0.2, 0.25) is 0 Å². The minimum absolute atomic E-state index is 0.189. The second-order valence-electron chi connectivity index (χ2n) is 3.31. The van der Waals surface area contributed by atoms with Gasteiger partial charge in [-0.1, -0.05) is 18.2 Å². The molecule has 1 aliphatic heterocycles. The summed E-state index contributed by atoms with van der Waals surface area (Å²) in [5.74, 6) is -0.638. The second kappa shape index (κ2) is 4.18. The van der Waals surface area contributed by atoms with E-state index in [9.17, 15) is 9.59 Å². The van der Waals surface area contributed by atoms with Gasteiger partial charge in [-0.25, -0.2) is 4.79 Å². The van der Waals surface area contributed by atoms with Gasteiger partial charge in [-0.2, -0.15) is 0 Å². The summed E-state index contributed by atoms with van der Waals surface area (Å²) in [6.45, 7) is 2.05. The molecule has 1 aliphatic rings. The molecular weight excluding hydrogens is 206 g/mol. The van der Waals surface area contributed by atoms with Gasteiger partial charge in [-0.15, -0.1) is 0 Å². The van der Waals surface area contributed by atoms with Gasteiger partial charge in [0.1, 0.15) is 0 Å². The summed E-state index contributed by atoms with van der Waals surface area (Å²) in [4.78, 5) is 22.8. The molecule has 1 N–H and O–H groups in total. The third kappa shape index (κ3) is 1.82. The Bertz CT molecular complexity index is 477. The zero-order valence-electron chi connectivity index (χ0n) is 8.82. The zero-order chi connectivity index (χ0) is 11.5. The fourth-order valence-electron chi connectivity index (χ4n) is 1.59. The minimum atomic E-state index is -0.450. The van der Waals surface area contributed by atoms with Crippen LogP contribution in [0.5, 0.6) is 0 Å². The Kier molecular flexibility index (Phi) is 2.72. The standard InChI is InChI=1S/C12H11NO3/c1-2-16-11(14)7-10-8-5-3-4-6-9(8)12(15)13-10/h3-7H,2H2,1H3,(H,13,15)/b10-7+.